The Kier molecular flexibility index (Phi) is 4.82. The van der Waals surface area contributed by atoms with Gasteiger partial charge in [0.25, 0.3) is 0 Å². The highest BCUT2D eigenvalue weighted by molar-refractivity contribution is 8.00. The molecule has 0 aromatic heterocycles. The van der Waals surface area contributed by atoms with Crippen molar-refractivity contribution in [1.29, 1.82) is 0 Å². The lowest BCUT2D eigenvalue weighted by Gasteiger charge is -2.07. The van der Waals surface area contributed by atoms with Gasteiger partial charge in [-0.05, 0) is 36.9 Å². The molecule has 0 saturated heterocycles. The summed E-state index contributed by atoms with van der Waals surface area (Å²) in [6, 6.07) is 21.0. The van der Waals surface area contributed by atoms with Gasteiger partial charge < -0.3 is 0 Å². The summed E-state index contributed by atoms with van der Waals surface area (Å²) >= 11 is 0. The summed E-state index contributed by atoms with van der Waals surface area (Å²) in [5.41, 5.74) is 0. The van der Waals surface area contributed by atoms with Crippen LogP contribution < -0.4 is 0 Å². The zero-order valence-corrected chi connectivity index (χ0v) is 11.6. The Morgan fingerprint density at radius 2 is 1.32 bits per heavy atom. The quantitative estimate of drug-likeness (QED) is 0.528. The molecule has 0 aliphatic rings. The van der Waals surface area contributed by atoms with E-state index in [0.29, 0.717) is 0 Å². The zero-order valence-electron chi connectivity index (χ0n) is 10.8. The molecule has 2 rings (SSSR count). The summed E-state index contributed by atoms with van der Waals surface area (Å²) < 4.78 is 0. The highest BCUT2D eigenvalue weighted by Gasteiger charge is 2.27. The fourth-order valence-electron chi connectivity index (χ4n) is 1.80. The van der Waals surface area contributed by atoms with E-state index < -0.39 is 0 Å². The molecule has 2 aromatic rings. The number of hydrogen-bond donors (Lipinski definition) is 0. The lowest BCUT2D eigenvalue weighted by molar-refractivity contribution is 1.38. The van der Waals surface area contributed by atoms with Gasteiger partial charge in [0.05, 0.1) is 10.9 Å². The predicted octanol–water partition coefficient (Wildman–Crippen LogP) is 4.98. The van der Waals surface area contributed by atoms with Crippen molar-refractivity contribution in [2.24, 2.45) is 0 Å². The lowest BCUT2D eigenvalue weighted by Crippen LogP contribution is -2.04. The van der Waals surface area contributed by atoms with Gasteiger partial charge in [-0.1, -0.05) is 55.1 Å². The molecule has 0 heterocycles. The normalized spacial score (nSPS) is 10.8. The van der Waals surface area contributed by atoms with E-state index in [1.54, 1.807) is 6.08 Å². The molecule has 0 spiro atoms. The third-order valence-corrected chi connectivity index (χ3v) is 4.79. The van der Waals surface area contributed by atoms with Crippen molar-refractivity contribution in [3.8, 4) is 0 Å². The highest BCUT2D eigenvalue weighted by Crippen LogP contribution is 2.29. The first-order valence-corrected chi connectivity index (χ1v) is 7.38. The van der Waals surface area contributed by atoms with Crippen LogP contribution in [0.25, 0.3) is 0 Å². The maximum absolute atomic E-state index is 4.22. The molecular weight excluding hydrogens is 248 g/mol. The van der Waals surface area contributed by atoms with Gasteiger partial charge in [-0.25, -0.2) is 0 Å². The second-order valence-corrected chi connectivity index (χ2v) is 6.07. The summed E-state index contributed by atoms with van der Waals surface area (Å²) in [7, 11) is -0.127. The van der Waals surface area contributed by atoms with Crippen molar-refractivity contribution < 1.29 is 0 Å². The average Bonchev–Trinajstić information content (AvgIpc) is 2.47. The van der Waals surface area contributed by atoms with Gasteiger partial charge in [-0.3, -0.25) is 0 Å². The molecule has 0 fully saturated rings. The van der Waals surface area contributed by atoms with Crippen molar-refractivity contribution >= 4 is 10.9 Å². The second kappa shape index (κ2) is 6.81. The van der Waals surface area contributed by atoms with E-state index in [2.05, 4.69) is 61.7 Å². The molecular formula is C18H17S+. The summed E-state index contributed by atoms with van der Waals surface area (Å²) in [4.78, 5) is 3.66. The molecule has 0 bridgehead atoms. The van der Waals surface area contributed by atoms with Gasteiger partial charge in [0, 0.05) is 0 Å². The van der Waals surface area contributed by atoms with Crippen LogP contribution in [0.4, 0.5) is 0 Å². The van der Waals surface area contributed by atoms with Crippen LogP contribution in [-0.4, -0.2) is 0 Å². The lowest BCUT2D eigenvalue weighted by atomic mass is 10.4. The predicted molar refractivity (Wildman–Crippen MR) is 85.3 cm³/mol. The minimum Gasteiger partial charge on any atom is -0.0991 e. The Bertz CT molecular complexity index is 528. The minimum absolute atomic E-state index is 0.127. The topological polar surface area (TPSA) is 0 Å². The monoisotopic (exact) mass is 265 g/mol. The van der Waals surface area contributed by atoms with E-state index >= 15 is 0 Å². The van der Waals surface area contributed by atoms with Crippen LogP contribution in [0.2, 0.25) is 0 Å². The summed E-state index contributed by atoms with van der Waals surface area (Å²) in [6.45, 7) is 7.94. The van der Waals surface area contributed by atoms with Crippen LogP contribution in [0.1, 0.15) is 0 Å². The molecule has 0 amide bonds. The minimum atomic E-state index is -0.127. The molecule has 0 nitrogen and oxygen atoms in total. The van der Waals surface area contributed by atoms with Crippen molar-refractivity contribution in [3.05, 3.63) is 97.0 Å². The zero-order chi connectivity index (χ0) is 13.5. The largest absolute Gasteiger partial charge is 0.166 e. The Morgan fingerprint density at radius 1 is 0.842 bits per heavy atom. The molecule has 2 aromatic carbocycles. The first-order chi connectivity index (χ1) is 9.33. The van der Waals surface area contributed by atoms with Crippen LogP contribution in [0, 0.1) is 0 Å². The van der Waals surface area contributed by atoms with Gasteiger partial charge in [-0.15, -0.1) is 0 Å². The highest BCUT2D eigenvalue weighted by atomic mass is 32.2. The maximum Gasteiger partial charge on any atom is 0.166 e. The Hall–Kier alpha value is -1.99. The van der Waals surface area contributed by atoms with Crippen LogP contribution in [0.15, 0.2) is 107 Å². The first-order valence-electron chi connectivity index (χ1n) is 6.15. The van der Waals surface area contributed by atoms with Crippen molar-refractivity contribution in [3.63, 3.8) is 0 Å². The summed E-state index contributed by atoms with van der Waals surface area (Å²) in [5, 5.41) is 0. The van der Waals surface area contributed by atoms with Crippen molar-refractivity contribution in [1.82, 2.24) is 0 Å². The molecule has 1 heteroatoms. The molecule has 0 aliphatic heterocycles. The smallest absolute Gasteiger partial charge is 0.0991 e. The summed E-state index contributed by atoms with van der Waals surface area (Å²) in [6.07, 6.45) is 5.76. The SMILES string of the molecule is C=C/C=C\C(=C)[S+](c1ccccc1)c1ccccc1. The Labute approximate surface area is 118 Å². The van der Waals surface area contributed by atoms with Gasteiger partial charge in [-0.2, -0.15) is 0 Å². The van der Waals surface area contributed by atoms with Crippen molar-refractivity contribution in [2.75, 3.05) is 0 Å². The van der Waals surface area contributed by atoms with E-state index in [0.717, 1.165) is 4.91 Å². The van der Waals surface area contributed by atoms with Gasteiger partial charge in [0.1, 0.15) is 0 Å². The molecule has 0 unspecified atom stereocenters. The van der Waals surface area contributed by atoms with Crippen LogP contribution in [-0.2, 0) is 10.9 Å². The molecule has 0 saturated carbocycles. The number of allylic oxidation sites excluding steroid dienone is 3. The van der Waals surface area contributed by atoms with E-state index in [1.165, 1.54) is 9.79 Å². The first kappa shape index (κ1) is 13.4. The van der Waals surface area contributed by atoms with Crippen LogP contribution >= 0.6 is 0 Å². The Morgan fingerprint density at radius 3 is 1.74 bits per heavy atom. The summed E-state index contributed by atoms with van der Waals surface area (Å²) in [5.74, 6) is 0. The van der Waals surface area contributed by atoms with Gasteiger partial charge >= 0.3 is 0 Å². The third kappa shape index (κ3) is 3.49. The molecule has 94 valence electrons. The molecule has 0 N–H and O–H groups in total. The van der Waals surface area contributed by atoms with Crippen molar-refractivity contribution in [2.45, 2.75) is 9.79 Å². The van der Waals surface area contributed by atoms with E-state index in [4.69, 9.17) is 0 Å². The van der Waals surface area contributed by atoms with E-state index in [-0.39, 0.29) is 10.9 Å². The fraction of sp³-hybridized carbons (Fsp3) is 0. The molecule has 0 aliphatic carbocycles. The van der Waals surface area contributed by atoms with E-state index in [9.17, 15) is 0 Å². The third-order valence-electron chi connectivity index (χ3n) is 2.64. The maximum atomic E-state index is 4.22. The fourth-order valence-corrected chi connectivity index (χ4v) is 3.75. The number of rotatable bonds is 5. The van der Waals surface area contributed by atoms with Crippen LogP contribution in [0.5, 0.6) is 0 Å². The van der Waals surface area contributed by atoms with E-state index in [1.807, 2.05) is 24.3 Å². The molecule has 0 atom stereocenters. The molecule has 19 heavy (non-hydrogen) atoms. The van der Waals surface area contributed by atoms with Gasteiger partial charge in [0.2, 0.25) is 0 Å². The second-order valence-electron chi connectivity index (χ2n) is 3.99. The Balaban J connectivity index is 2.42. The molecule has 0 radical (unpaired) electrons. The van der Waals surface area contributed by atoms with Crippen LogP contribution in [0.3, 0.4) is 0 Å². The standard InChI is InChI=1S/C18H17S/c1-3-4-11-16(2)19(17-12-7-5-8-13-17)18-14-9-6-10-15-18/h3-15H,1-2H2/q+1/b11-4-. The number of hydrogen-bond acceptors (Lipinski definition) is 0. The van der Waals surface area contributed by atoms with Gasteiger partial charge in [0.15, 0.2) is 14.7 Å². The average molecular weight is 265 g/mol. The number of benzene rings is 2.